The molecule has 17 heavy (non-hydrogen) atoms. The van der Waals surface area contributed by atoms with Crippen molar-refractivity contribution in [2.45, 2.75) is 25.8 Å². The highest BCUT2D eigenvalue weighted by atomic mass is 16.2. The van der Waals surface area contributed by atoms with Crippen molar-refractivity contribution in [3.63, 3.8) is 0 Å². The lowest BCUT2D eigenvalue weighted by Crippen LogP contribution is -2.42. The van der Waals surface area contributed by atoms with E-state index < -0.39 is 0 Å². The molecule has 1 saturated heterocycles. The molecule has 94 valence electrons. The Bertz CT molecular complexity index is 382. The zero-order chi connectivity index (χ0) is 12.3. The van der Waals surface area contributed by atoms with E-state index in [1.54, 1.807) is 16.9 Å². The van der Waals surface area contributed by atoms with Gasteiger partial charge >= 0.3 is 0 Å². The second kappa shape index (κ2) is 5.31. The average molecular weight is 236 g/mol. The van der Waals surface area contributed by atoms with Gasteiger partial charge in [0.25, 0.3) is 5.91 Å². The number of amides is 1. The Morgan fingerprint density at radius 3 is 3.06 bits per heavy atom. The Balaban J connectivity index is 2.15. The predicted molar refractivity (Wildman–Crippen MR) is 65.8 cm³/mol. The first-order chi connectivity index (χ1) is 8.24. The van der Waals surface area contributed by atoms with Crippen molar-refractivity contribution < 1.29 is 4.79 Å². The van der Waals surface area contributed by atoms with Crippen LogP contribution in [0.5, 0.6) is 0 Å². The van der Waals surface area contributed by atoms with E-state index >= 15 is 0 Å². The zero-order valence-corrected chi connectivity index (χ0v) is 10.5. The third kappa shape index (κ3) is 2.49. The average Bonchev–Trinajstić information content (AvgIpc) is 2.95. The Labute approximate surface area is 102 Å². The molecule has 2 rings (SSSR count). The molecule has 1 unspecified atom stereocenters. The van der Waals surface area contributed by atoms with E-state index in [0.29, 0.717) is 11.7 Å². The van der Waals surface area contributed by atoms with Crippen molar-refractivity contribution in [1.29, 1.82) is 0 Å². The Hall–Kier alpha value is -1.36. The molecule has 5 heteroatoms. The second-order valence-corrected chi connectivity index (χ2v) is 4.49. The number of nitrogens with zero attached hydrogens (tertiary/aromatic N) is 3. The molecule has 1 amide bonds. The molecule has 1 aromatic heterocycles. The van der Waals surface area contributed by atoms with Gasteiger partial charge in [-0.3, -0.25) is 9.48 Å². The van der Waals surface area contributed by atoms with Gasteiger partial charge in [-0.15, -0.1) is 0 Å². The zero-order valence-electron chi connectivity index (χ0n) is 10.5. The van der Waals surface area contributed by atoms with Crippen molar-refractivity contribution in [2.24, 2.45) is 7.05 Å². The van der Waals surface area contributed by atoms with Gasteiger partial charge < -0.3 is 10.2 Å². The summed E-state index contributed by atoms with van der Waals surface area (Å²) in [5.74, 6) is 0.0977. The number of hydrogen-bond donors (Lipinski definition) is 1. The minimum Gasteiger partial charge on any atom is -0.333 e. The summed E-state index contributed by atoms with van der Waals surface area (Å²) >= 11 is 0. The van der Waals surface area contributed by atoms with Crippen molar-refractivity contribution in [1.82, 2.24) is 20.0 Å². The standard InChI is InChI=1S/C12H20N4O/c1-3-8-16(10-4-6-13-9-10)12(17)11-5-7-14-15(11)2/h5,7,10,13H,3-4,6,8-9H2,1-2H3. The largest absolute Gasteiger partial charge is 0.333 e. The molecule has 0 saturated carbocycles. The number of carbonyl (C=O) groups is 1. The maximum Gasteiger partial charge on any atom is 0.272 e. The van der Waals surface area contributed by atoms with E-state index in [1.807, 2.05) is 11.9 Å². The van der Waals surface area contributed by atoms with Crippen LogP contribution in [0, 0.1) is 0 Å². The van der Waals surface area contributed by atoms with Crippen LogP contribution >= 0.6 is 0 Å². The minimum absolute atomic E-state index is 0.0977. The van der Waals surface area contributed by atoms with E-state index in [0.717, 1.165) is 32.5 Å². The quantitative estimate of drug-likeness (QED) is 0.834. The number of aromatic nitrogens is 2. The molecule has 1 atom stereocenters. The second-order valence-electron chi connectivity index (χ2n) is 4.49. The molecule has 1 aliphatic rings. The summed E-state index contributed by atoms with van der Waals surface area (Å²) < 4.78 is 1.65. The van der Waals surface area contributed by atoms with Crippen molar-refractivity contribution in [2.75, 3.05) is 19.6 Å². The minimum atomic E-state index is 0.0977. The van der Waals surface area contributed by atoms with Gasteiger partial charge in [0, 0.05) is 32.4 Å². The Kier molecular flexibility index (Phi) is 3.78. The van der Waals surface area contributed by atoms with E-state index in [-0.39, 0.29) is 5.91 Å². The molecule has 0 aromatic carbocycles. The van der Waals surface area contributed by atoms with E-state index in [1.165, 1.54) is 0 Å². The van der Waals surface area contributed by atoms with Crippen LogP contribution in [0.15, 0.2) is 12.3 Å². The van der Waals surface area contributed by atoms with Gasteiger partial charge in [-0.1, -0.05) is 6.92 Å². The maximum atomic E-state index is 12.4. The summed E-state index contributed by atoms with van der Waals surface area (Å²) in [6.07, 6.45) is 3.70. The van der Waals surface area contributed by atoms with Crippen LogP contribution in [0.3, 0.4) is 0 Å². The highest BCUT2D eigenvalue weighted by molar-refractivity contribution is 5.92. The highest BCUT2D eigenvalue weighted by Crippen LogP contribution is 2.13. The molecular weight excluding hydrogens is 216 g/mol. The van der Waals surface area contributed by atoms with Crippen LogP contribution in [-0.4, -0.2) is 46.3 Å². The van der Waals surface area contributed by atoms with Crippen LogP contribution in [0.4, 0.5) is 0 Å². The molecule has 0 radical (unpaired) electrons. The molecule has 0 bridgehead atoms. The van der Waals surface area contributed by atoms with Crippen LogP contribution < -0.4 is 5.32 Å². The smallest absolute Gasteiger partial charge is 0.272 e. The van der Waals surface area contributed by atoms with Gasteiger partial charge in [0.2, 0.25) is 0 Å². The summed E-state index contributed by atoms with van der Waals surface area (Å²) in [6.45, 7) is 4.83. The molecular formula is C12H20N4O. The first kappa shape index (κ1) is 12.1. The fourth-order valence-corrected chi connectivity index (χ4v) is 2.33. The molecule has 0 spiro atoms. The van der Waals surface area contributed by atoms with Gasteiger partial charge in [-0.2, -0.15) is 5.10 Å². The van der Waals surface area contributed by atoms with Crippen LogP contribution in [0.2, 0.25) is 0 Å². The number of hydrogen-bond acceptors (Lipinski definition) is 3. The third-order valence-corrected chi connectivity index (χ3v) is 3.24. The van der Waals surface area contributed by atoms with Gasteiger partial charge in [0.1, 0.15) is 5.69 Å². The summed E-state index contributed by atoms with van der Waals surface area (Å²) in [4.78, 5) is 14.4. The number of aryl methyl sites for hydroxylation is 1. The van der Waals surface area contributed by atoms with Gasteiger partial charge in [0.15, 0.2) is 0 Å². The summed E-state index contributed by atoms with van der Waals surface area (Å²) in [7, 11) is 1.81. The lowest BCUT2D eigenvalue weighted by atomic mass is 10.2. The van der Waals surface area contributed by atoms with Gasteiger partial charge in [-0.05, 0) is 25.5 Å². The summed E-state index contributed by atoms with van der Waals surface area (Å²) in [6, 6.07) is 2.12. The lowest BCUT2D eigenvalue weighted by Gasteiger charge is -2.28. The molecule has 1 aliphatic heterocycles. The van der Waals surface area contributed by atoms with E-state index in [9.17, 15) is 4.79 Å². The normalized spacial score (nSPS) is 19.5. The van der Waals surface area contributed by atoms with Crippen LogP contribution in [0.25, 0.3) is 0 Å². The highest BCUT2D eigenvalue weighted by Gasteiger charge is 2.27. The maximum absolute atomic E-state index is 12.4. The molecule has 1 aromatic rings. The topological polar surface area (TPSA) is 50.2 Å². The first-order valence-corrected chi connectivity index (χ1v) is 6.23. The molecule has 1 fully saturated rings. The summed E-state index contributed by atoms with van der Waals surface area (Å²) in [5, 5.41) is 7.37. The predicted octanol–water partition coefficient (Wildman–Crippen LogP) is 0.634. The van der Waals surface area contributed by atoms with Crippen molar-refractivity contribution >= 4 is 5.91 Å². The fourth-order valence-electron chi connectivity index (χ4n) is 2.33. The number of carbonyl (C=O) groups excluding carboxylic acids is 1. The van der Waals surface area contributed by atoms with Gasteiger partial charge in [0.05, 0.1) is 0 Å². The van der Waals surface area contributed by atoms with Crippen molar-refractivity contribution in [3.8, 4) is 0 Å². The third-order valence-electron chi connectivity index (χ3n) is 3.24. The van der Waals surface area contributed by atoms with Gasteiger partial charge in [-0.25, -0.2) is 0 Å². The molecule has 5 nitrogen and oxygen atoms in total. The Morgan fingerprint density at radius 1 is 1.71 bits per heavy atom. The molecule has 1 N–H and O–H groups in total. The summed E-state index contributed by atoms with van der Waals surface area (Å²) in [5.41, 5.74) is 0.672. The monoisotopic (exact) mass is 236 g/mol. The lowest BCUT2D eigenvalue weighted by molar-refractivity contribution is 0.0681. The number of nitrogens with one attached hydrogen (secondary N) is 1. The van der Waals surface area contributed by atoms with E-state index in [4.69, 9.17) is 0 Å². The first-order valence-electron chi connectivity index (χ1n) is 6.23. The molecule has 2 heterocycles. The van der Waals surface area contributed by atoms with Crippen LogP contribution in [-0.2, 0) is 7.05 Å². The SMILES string of the molecule is CCCN(C(=O)c1ccnn1C)C1CCNC1. The Morgan fingerprint density at radius 2 is 2.53 bits per heavy atom. The number of rotatable bonds is 4. The molecule has 0 aliphatic carbocycles. The van der Waals surface area contributed by atoms with Crippen LogP contribution in [0.1, 0.15) is 30.3 Å². The van der Waals surface area contributed by atoms with E-state index in [2.05, 4.69) is 17.3 Å². The fraction of sp³-hybridized carbons (Fsp3) is 0.667. The van der Waals surface area contributed by atoms with Crippen molar-refractivity contribution in [3.05, 3.63) is 18.0 Å².